The molecule has 0 aromatic rings. The number of carbonyl (C=O) groups is 2. The number of hydrogen-bond acceptors (Lipinski definition) is 3. The van der Waals surface area contributed by atoms with Crippen molar-refractivity contribution in [3.05, 3.63) is 34.0 Å². The van der Waals surface area contributed by atoms with Crippen molar-refractivity contribution >= 4 is 30.1 Å². The number of carbonyl (C=O) groups excluding carboxylic acids is 2. The quantitative estimate of drug-likeness (QED) is 0.523. The second-order valence-corrected chi connectivity index (χ2v) is 21.8. The summed E-state index contributed by atoms with van der Waals surface area (Å²) >= 11 is -2.10. The van der Waals surface area contributed by atoms with Crippen molar-refractivity contribution in [3.63, 3.8) is 0 Å². The number of rotatable bonds is 5. The summed E-state index contributed by atoms with van der Waals surface area (Å²) in [5, 5.41) is 0. The monoisotopic (exact) mass is 398 g/mol. The van der Waals surface area contributed by atoms with Crippen LogP contribution in [0.4, 0.5) is 0 Å². The first-order valence-electron chi connectivity index (χ1n) is 7.30. The Morgan fingerprint density at radius 3 is 2.57 bits per heavy atom. The van der Waals surface area contributed by atoms with Gasteiger partial charge in [-0.05, 0) is 0 Å². The Morgan fingerprint density at radius 1 is 1.48 bits per heavy atom. The molecule has 1 atom stereocenters. The van der Waals surface area contributed by atoms with Crippen molar-refractivity contribution in [2.24, 2.45) is 5.41 Å². The van der Waals surface area contributed by atoms with E-state index in [1.54, 1.807) is 12.2 Å². The predicted octanol–water partition coefficient (Wildman–Crippen LogP) is 3.83. The van der Waals surface area contributed by atoms with Gasteiger partial charge in [0.15, 0.2) is 0 Å². The van der Waals surface area contributed by atoms with Crippen LogP contribution in [0.5, 0.6) is 0 Å². The number of allylic oxidation sites excluding steroid dienone is 4. The number of methoxy groups -OCH3 is 1. The molecule has 0 aliphatic heterocycles. The molecule has 1 unspecified atom stereocenters. The van der Waals surface area contributed by atoms with Gasteiger partial charge >= 0.3 is 132 Å². The Labute approximate surface area is 132 Å². The van der Waals surface area contributed by atoms with Gasteiger partial charge in [0.1, 0.15) is 0 Å². The summed E-state index contributed by atoms with van der Waals surface area (Å²) in [6, 6.07) is 0. The number of hydrogen-bond donors (Lipinski definition) is 0. The molecule has 1 aliphatic rings. The van der Waals surface area contributed by atoms with Crippen LogP contribution in [0.15, 0.2) is 34.0 Å². The fraction of sp³-hybridized carbons (Fsp3) is 0.529. The summed E-state index contributed by atoms with van der Waals surface area (Å²) in [7, 11) is 1.40. The van der Waals surface area contributed by atoms with Crippen molar-refractivity contribution in [1.29, 1.82) is 0 Å². The third-order valence-corrected chi connectivity index (χ3v) is 11.7. The van der Waals surface area contributed by atoms with Gasteiger partial charge < -0.3 is 0 Å². The third kappa shape index (κ3) is 4.09. The van der Waals surface area contributed by atoms with Gasteiger partial charge in [0.05, 0.1) is 0 Å². The fourth-order valence-corrected chi connectivity index (χ4v) is 4.51. The molecule has 0 fully saturated rings. The van der Waals surface area contributed by atoms with Gasteiger partial charge in [-0.25, -0.2) is 0 Å². The van der Waals surface area contributed by atoms with Crippen LogP contribution in [0.25, 0.3) is 0 Å². The zero-order chi connectivity index (χ0) is 16.3. The summed E-state index contributed by atoms with van der Waals surface area (Å²) < 4.78 is 6.45. The van der Waals surface area contributed by atoms with Crippen molar-refractivity contribution < 1.29 is 14.3 Å². The van der Waals surface area contributed by atoms with Gasteiger partial charge in [0, 0.05) is 0 Å². The molecule has 0 saturated heterocycles. The third-order valence-electron chi connectivity index (χ3n) is 4.40. The first kappa shape index (κ1) is 18.2. The van der Waals surface area contributed by atoms with Gasteiger partial charge in [-0.2, -0.15) is 0 Å². The molecule has 0 N–H and O–H groups in total. The van der Waals surface area contributed by atoms with E-state index in [1.807, 2.05) is 0 Å². The average Bonchev–Trinajstić information content (AvgIpc) is 2.43. The van der Waals surface area contributed by atoms with Gasteiger partial charge in [0.2, 0.25) is 0 Å². The molecular formula is C17H26O3Sn. The number of esters is 1. The first-order valence-corrected chi connectivity index (χ1v) is 17.3. The Bertz CT molecular complexity index is 509. The molecule has 1 aliphatic carbocycles. The molecule has 3 nitrogen and oxygen atoms in total. The Morgan fingerprint density at radius 2 is 2.10 bits per heavy atom. The standard InChI is InChI=1S/C14H17O3.3CH3.Sn/c1-4-6-8-14(13(16)17-3)9-7-12(15)10-11(14)5-2;;;;/h5-6,10H,2,7-9H2,1,3H3;3*1H3;. The van der Waals surface area contributed by atoms with Crippen LogP contribution in [0.2, 0.25) is 14.8 Å². The molecule has 0 spiro atoms. The summed E-state index contributed by atoms with van der Waals surface area (Å²) in [5.41, 5.74) is -0.0539. The zero-order valence-corrected chi connectivity index (χ0v) is 16.6. The van der Waals surface area contributed by atoms with E-state index in [-0.39, 0.29) is 11.8 Å². The van der Waals surface area contributed by atoms with Crippen LogP contribution in [0, 0.1) is 5.41 Å². The molecule has 0 amide bonds. The summed E-state index contributed by atoms with van der Waals surface area (Å²) in [6.45, 7) is 5.93. The first-order chi connectivity index (χ1) is 9.67. The summed E-state index contributed by atoms with van der Waals surface area (Å²) in [5.74, 6) is -0.213. The number of ketones is 1. The molecule has 21 heavy (non-hydrogen) atoms. The van der Waals surface area contributed by atoms with E-state index in [0.717, 1.165) is 0 Å². The molecule has 1 rings (SSSR count). The normalized spacial score (nSPS) is 23.6. The molecular weight excluding hydrogens is 371 g/mol. The maximum atomic E-state index is 12.4. The molecule has 0 bridgehead atoms. The van der Waals surface area contributed by atoms with E-state index in [1.165, 1.54) is 10.7 Å². The molecule has 4 heteroatoms. The van der Waals surface area contributed by atoms with Gasteiger partial charge in [0.25, 0.3) is 0 Å². The minimum absolute atomic E-state index is 0.0557. The van der Waals surface area contributed by atoms with E-state index in [2.05, 4.69) is 34.4 Å². The molecule has 0 heterocycles. The Balaban J connectivity index is 3.24. The fourth-order valence-electron chi connectivity index (χ4n) is 2.47. The van der Waals surface area contributed by atoms with Crippen LogP contribution in [0.3, 0.4) is 0 Å². The average molecular weight is 397 g/mol. The van der Waals surface area contributed by atoms with E-state index in [4.69, 9.17) is 4.74 Å². The number of ether oxygens (including phenoxy) is 1. The minimum atomic E-state index is -2.10. The zero-order valence-electron chi connectivity index (χ0n) is 13.8. The topological polar surface area (TPSA) is 43.4 Å². The van der Waals surface area contributed by atoms with Crippen molar-refractivity contribution in [2.45, 2.75) is 41.0 Å². The van der Waals surface area contributed by atoms with E-state index in [0.29, 0.717) is 24.8 Å². The van der Waals surface area contributed by atoms with Crippen LogP contribution >= 0.6 is 0 Å². The second-order valence-electron chi connectivity index (χ2n) is 6.69. The van der Waals surface area contributed by atoms with Gasteiger partial charge in [-0.3, -0.25) is 0 Å². The Hall–Kier alpha value is -0.841. The van der Waals surface area contributed by atoms with Crippen molar-refractivity contribution in [1.82, 2.24) is 0 Å². The predicted molar refractivity (Wildman–Crippen MR) is 88.7 cm³/mol. The van der Waals surface area contributed by atoms with Gasteiger partial charge in [-0.15, -0.1) is 0 Å². The van der Waals surface area contributed by atoms with E-state index >= 15 is 0 Å². The molecule has 0 saturated carbocycles. The van der Waals surface area contributed by atoms with Crippen LogP contribution in [-0.2, 0) is 14.3 Å². The van der Waals surface area contributed by atoms with Crippen molar-refractivity contribution in [2.75, 3.05) is 7.11 Å². The second kappa shape index (κ2) is 6.95. The van der Waals surface area contributed by atoms with Crippen LogP contribution in [0.1, 0.15) is 26.2 Å². The van der Waals surface area contributed by atoms with Crippen LogP contribution in [-0.4, -0.2) is 37.2 Å². The summed E-state index contributed by atoms with van der Waals surface area (Å²) in [4.78, 5) is 31.1. The maximum absolute atomic E-state index is 12.4. The van der Waals surface area contributed by atoms with Gasteiger partial charge in [-0.1, -0.05) is 0 Å². The molecule has 0 aromatic carbocycles. The molecule has 0 aromatic heterocycles. The van der Waals surface area contributed by atoms with Crippen molar-refractivity contribution in [3.8, 4) is 0 Å². The van der Waals surface area contributed by atoms with E-state index in [9.17, 15) is 9.59 Å². The SMILES string of the molecule is C=CC1=CC(=O)CCC1(C/C=[C](\C)[Sn]([CH3])([CH3])[CH3])C(=O)OC. The molecule has 116 valence electrons. The molecule has 0 radical (unpaired) electrons. The van der Waals surface area contributed by atoms with E-state index < -0.39 is 23.8 Å². The summed E-state index contributed by atoms with van der Waals surface area (Å²) in [6.07, 6.45) is 6.83. The Kier molecular flexibility index (Phi) is 6.02. The van der Waals surface area contributed by atoms with Crippen LogP contribution < -0.4 is 0 Å².